The molecular weight excluding hydrogens is 364 g/mol. The van der Waals surface area contributed by atoms with E-state index in [1.54, 1.807) is 12.3 Å². The van der Waals surface area contributed by atoms with Crippen LogP contribution < -0.4 is 10.6 Å². The van der Waals surface area contributed by atoms with Crippen LogP contribution in [0.5, 0.6) is 0 Å². The Hall–Kier alpha value is -2.51. The molecule has 3 N–H and O–H groups in total. The largest absolute Gasteiger partial charge is 0.397 e. The van der Waals surface area contributed by atoms with Gasteiger partial charge in [-0.1, -0.05) is 0 Å². The SMILES string of the molecule is CC1COCCN1c1cc(C2CCCN(C)C2)c2ccnc(/C(N)=C/C=N)c2n1. The number of anilines is 1. The summed E-state index contributed by atoms with van der Waals surface area (Å²) >= 11 is 0. The van der Waals surface area contributed by atoms with Crippen molar-refractivity contribution in [2.45, 2.75) is 31.7 Å². The number of allylic oxidation sites excluding steroid dienone is 1. The first-order valence-corrected chi connectivity index (χ1v) is 10.4. The van der Waals surface area contributed by atoms with E-state index >= 15 is 0 Å². The van der Waals surface area contributed by atoms with Gasteiger partial charge in [0.25, 0.3) is 0 Å². The lowest BCUT2D eigenvalue weighted by atomic mass is 9.88. The average Bonchev–Trinajstić information content (AvgIpc) is 2.73. The molecule has 0 radical (unpaired) electrons. The molecule has 0 amide bonds. The van der Waals surface area contributed by atoms with Crippen LogP contribution in [-0.2, 0) is 4.74 Å². The van der Waals surface area contributed by atoms with E-state index in [0.717, 1.165) is 36.4 Å². The number of nitrogens with zero attached hydrogens (tertiary/aromatic N) is 4. The van der Waals surface area contributed by atoms with E-state index in [2.05, 4.69) is 40.9 Å². The van der Waals surface area contributed by atoms with Crippen molar-refractivity contribution in [3.63, 3.8) is 0 Å². The second-order valence-corrected chi connectivity index (χ2v) is 8.13. The lowest BCUT2D eigenvalue weighted by Gasteiger charge is -2.36. The molecule has 29 heavy (non-hydrogen) atoms. The Labute approximate surface area is 172 Å². The van der Waals surface area contributed by atoms with Crippen LogP contribution in [0.15, 0.2) is 24.4 Å². The first-order chi connectivity index (χ1) is 14.1. The highest BCUT2D eigenvalue weighted by Gasteiger charge is 2.26. The third-order valence-corrected chi connectivity index (χ3v) is 6.01. The van der Waals surface area contributed by atoms with Crippen LogP contribution in [-0.4, -0.2) is 67.0 Å². The number of aromatic nitrogens is 2. The van der Waals surface area contributed by atoms with Crippen LogP contribution in [0.25, 0.3) is 16.6 Å². The maximum absolute atomic E-state index is 7.39. The fourth-order valence-corrected chi connectivity index (χ4v) is 4.52. The standard InChI is InChI=1S/C22H30N6O/c1-15-14-29-11-10-28(15)20-12-18(16-4-3-9-27(2)13-16)17-6-8-25-22(21(17)26-20)19(24)5-7-23/h5-8,12,15-16,23H,3-4,9-11,13-14,24H2,1-2H3/b19-5-,23-7?. The normalized spacial score (nSPS) is 24.1. The smallest absolute Gasteiger partial charge is 0.130 e. The number of ether oxygens (including phenoxy) is 1. The summed E-state index contributed by atoms with van der Waals surface area (Å²) in [5.41, 5.74) is 9.51. The molecule has 7 nitrogen and oxygen atoms in total. The van der Waals surface area contributed by atoms with Gasteiger partial charge in [-0.2, -0.15) is 0 Å². The maximum atomic E-state index is 7.39. The molecule has 2 atom stereocenters. The number of fused-ring (bicyclic) bond motifs is 1. The number of nitrogens with one attached hydrogen (secondary N) is 1. The minimum absolute atomic E-state index is 0.269. The van der Waals surface area contributed by atoms with Gasteiger partial charge >= 0.3 is 0 Å². The Bertz CT molecular complexity index is 927. The molecule has 4 rings (SSSR count). The summed E-state index contributed by atoms with van der Waals surface area (Å²) < 4.78 is 5.63. The van der Waals surface area contributed by atoms with Gasteiger partial charge in [0, 0.05) is 30.9 Å². The number of likely N-dealkylation sites (tertiary alicyclic amines) is 1. The molecule has 4 heterocycles. The molecule has 0 aromatic carbocycles. The van der Waals surface area contributed by atoms with E-state index in [1.165, 1.54) is 24.6 Å². The van der Waals surface area contributed by atoms with Gasteiger partial charge in [-0.15, -0.1) is 0 Å². The van der Waals surface area contributed by atoms with Crippen LogP contribution in [0.2, 0.25) is 0 Å². The summed E-state index contributed by atoms with van der Waals surface area (Å²) in [5, 5.41) is 8.50. The maximum Gasteiger partial charge on any atom is 0.130 e. The molecule has 0 bridgehead atoms. The lowest BCUT2D eigenvalue weighted by molar-refractivity contribution is 0.0985. The van der Waals surface area contributed by atoms with Crippen molar-refractivity contribution >= 4 is 28.6 Å². The molecule has 2 aromatic heterocycles. The fourth-order valence-electron chi connectivity index (χ4n) is 4.52. The number of pyridine rings is 2. The highest BCUT2D eigenvalue weighted by Crippen LogP contribution is 2.35. The summed E-state index contributed by atoms with van der Waals surface area (Å²) in [6.45, 7) is 6.60. The fraction of sp³-hybridized carbons (Fsp3) is 0.500. The highest BCUT2D eigenvalue weighted by molar-refractivity contribution is 5.94. The molecule has 2 unspecified atom stereocenters. The van der Waals surface area contributed by atoms with Gasteiger partial charge in [0.05, 0.1) is 25.0 Å². The molecule has 2 fully saturated rings. The number of hydrogen-bond acceptors (Lipinski definition) is 7. The average molecular weight is 395 g/mol. The van der Waals surface area contributed by atoms with Crippen molar-refractivity contribution in [1.82, 2.24) is 14.9 Å². The first kappa shape index (κ1) is 19.8. The Kier molecular flexibility index (Phi) is 5.78. The minimum Gasteiger partial charge on any atom is -0.397 e. The zero-order valence-corrected chi connectivity index (χ0v) is 17.3. The van der Waals surface area contributed by atoms with Gasteiger partial charge in [0.2, 0.25) is 0 Å². The topological polar surface area (TPSA) is 91.4 Å². The van der Waals surface area contributed by atoms with E-state index in [0.29, 0.717) is 30.5 Å². The van der Waals surface area contributed by atoms with E-state index in [1.807, 2.05) is 0 Å². The summed E-state index contributed by atoms with van der Waals surface area (Å²) in [7, 11) is 2.19. The molecule has 2 aromatic rings. The van der Waals surface area contributed by atoms with Gasteiger partial charge in [-0.3, -0.25) is 4.98 Å². The predicted octanol–water partition coefficient (Wildman–Crippen LogP) is 2.61. The van der Waals surface area contributed by atoms with Crippen LogP contribution in [0.4, 0.5) is 5.82 Å². The number of morpholine rings is 1. The zero-order chi connectivity index (χ0) is 20.4. The van der Waals surface area contributed by atoms with E-state index in [4.69, 9.17) is 20.9 Å². The van der Waals surface area contributed by atoms with E-state index < -0.39 is 0 Å². The van der Waals surface area contributed by atoms with Crippen molar-refractivity contribution in [1.29, 1.82) is 5.41 Å². The molecule has 154 valence electrons. The first-order valence-electron chi connectivity index (χ1n) is 10.4. The van der Waals surface area contributed by atoms with Gasteiger partial charge in [-0.25, -0.2) is 4.98 Å². The Morgan fingerprint density at radius 2 is 2.24 bits per heavy atom. The molecule has 2 saturated heterocycles. The predicted molar refractivity (Wildman–Crippen MR) is 118 cm³/mol. The van der Waals surface area contributed by atoms with E-state index in [9.17, 15) is 0 Å². The monoisotopic (exact) mass is 394 g/mol. The second-order valence-electron chi connectivity index (χ2n) is 8.13. The Balaban J connectivity index is 1.90. The number of nitrogens with two attached hydrogens (primary N) is 1. The summed E-state index contributed by atoms with van der Waals surface area (Å²) in [5.74, 6) is 1.42. The third kappa shape index (κ3) is 3.97. The quantitative estimate of drug-likeness (QED) is 0.775. The molecule has 0 spiro atoms. The van der Waals surface area contributed by atoms with Gasteiger partial charge in [-0.05, 0) is 63.0 Å². The number of hydrogen-bond donors (Lipinski definition) is 2. The van der Waals surface area contributed by atoms with Crippen LogP contribution in [0.3, 0.4) is 0 Å². The molecule has 2 aliphatic rings. The molecule has 0 saturated carbocycles. The Morgan fingerprint density at radius 3 is 3.00 bits per heavy atom. The molecule has 2 aliphatic heterocycles. The highest BCUT2D eigenvalue weighted by atomic mass is 16.5. The van der Waals surface area contributed by atoms with Gasteiger partial charge in [0.15, 0.2) is 0 Å². The van der Waals surface area contributed by atoms with Gasteiger partial charge < -0.3 is 25.7 Å². The number of rotatable bonds is 4. The molecular formula is C22H30N6O. The minimum atomic E-state index is 0.269. The van der Waals surface area contributed by atoms with Crippen LogP contribution >= 0.6 is 0 Å². The number of likely N-dealkylation sites (N-methyl/N-ethyl adjacent to an activating group) is 1. The van der Waals surface area contributed by atoms with Crippen LogP contribution in [0.1, 0.15) is 36.9 Å². The van der Waals surface area contributed by atoms with Crippen molar-refractivity contribution in [2.24, 2.45) is 5.73 Å². The van der Waals surface area contributed by atoms with Gasteiger partial charge in [0.1, 0.15) is 17.0 Å². The summed E-state index contributed by atoms with van der Waals surface area (Å²) in [6.07, 6.45) is 6.94. The van der Waals surface area contributed by atoms with E-state index in [-0.39, 0.29) is 6.04 Å². The van der Waals surface area contributed by atoms with Crippen molar-refractivity contribution < 1.29 is 4.74 Å². The number of piperidine rings is 1. The molecule has 7 heteroatoms. The van der Waals surface area contributed by atoms with Crippen molar-refractivity contribution in [2.75, 3.05) is 44.8 Å². The summed E-state index contributed by atoms with van der Waals surface area (Å²) in [4.78, 5) is 14.3. The summed E-state index contributed by atoms with van der Waals surface area (Å²) in [6, 6.07) is 4.60. The van der Waals surface area contributed by atoms with Crippen molar-refractivity contribution in [3.8, 4) is 0 Å². The van der Waals surface area contributed by atoms with Crippen molar-refractivity contribution in [3.05, 3.63) is 35.7 Å². The second kappa shape index (κ2) is 8.47. The van der Waals surface area contributed by atoms with Crippen LogP contribution in [0, 0.1) is 5.41 Å². The molecule has 0 aliphatic carbocycles. The zero-order valence-electron chi connectivity index (χ0n) is 17.3. The third-order valence-electron chi connectivity index (χ3n) is 6.01. The lowest BCUT2D eigenvalue weighted by Crippen LogP contribution is -2.44. The Morgan fingerprint density at radius 1 is 1.38 bits per heavy atom.